The fourth-order valence-corrected chi connectivity index (χ4v) is 3.24. The first-order valence-corrected chi connectivity index (χ1v) is 10.2. The molecule has 1 fully saturated rings. The van der Waals surface area contributed by atoms with Crippen molar-refractivity contribution in [1.82, 2.24) is 10.6 Å². The van der Waals surface area contributed by atoms with E-state index in [9.17, 15) is 0 Å². The molecule has 2 rings (SSSR count). The van der Waals surface area contributed by atoms with Crippen LogP contribution >= 0.6 is 11.8 Å². The number of nitrogens with one attached hydrogen (secondary N) is 2. The first-order chi connectivity index (χ1) is 11.8. The predicted octanol–water partition coefficient (Wildman–Crippen LogP) is 2.93. The summed E-state index contributed by atoms with van der Waals surface area (Å²) in [4.78, 5) is 4.86. The topological polar surface area (TPSA) is 58.8 Å². The van der Waals surface area contributed by atoms with Gasteiger partial charge in [-0.05, 0) is 43.1 Å². The zero-order valence-electron chi connectivity index (χ0n) is 15.0. The molecule has 136 valence electrons. The predicted molar refractivity (Wildman–Crippen MR) is 102 cm³/mol. The summed E-state index contributed by atoms with van der Waals surface area (Å²) in [5.41, 5.74) is 0.352. The lowest BCUT2D eigenvalue weighted by atomic mass is 9.67. The minimum atomic E-state index is 0.352. The van der Waals surface area contributed by atoms with Gasteiger partial charge in [0.15, 0.2) is 5.96 Å². The molecule has 5 nitrogen and oxygen atoms in total. The monoisotopic (exact) mass is 353 g/mol. The molecular weight excluding hydrogens is 322 g/mol. The number of aliphatic imine (C=N–C) groups is 1. The maximum Gasteiger partial charge on any atom is 0.191 e. The number of hydrogen-bond donors (Lipinski definition) is 2. The summed E-state index contributed by atoms with van der Waals surface area (Å²) >= 11 is 1.84. The van der Waals surface area contributed by atoms with Gasteiger partial charge in [-0.25, -0.2) is 0 Å². The summed E-state index contributed by atoms with van der Waals surface area (Å²) in [6.45, 7) is 3.46. The molecule has 0 bridgehead atoms. The Hall–Kier alpha value is -1.14. The van der Waals surface area contributed by atoms with Crippen LogP contribution in [0, 0.1) is 5.41 Å². The summed E-state index contributed by atoms with van der Waals surface area (Å²) in [7, 11) is 1.78. The maximum absolute atomic E-state index is 5.38. The summed E-state index contributed by atoms with van der Waals surface area (Å²) in [5, 5.41) is 6.87. The summed E-state index contributed by atoms with van der Waals surface area (Å²) in [6.07, 6.45) is 9.67. The first kappa shape index (κ1) is 19.2. The lowest BCUT2D eigenvalue weighted by molar-refractivity contribution is 0.0778. The van der Waals surface area contributed by atoms with Gasteiger partial charge >= 0.3 is 0 Å². The number of methoxy groups -OCH3 is 1. The maximum atomic E-state index is 5.38. The average Bonchev–Trinajstić information content (AvgIpc) is 3.06. The highest BCUT2D eigenvalue weighted by atomic mass is 32.2. The highest BCUT2D eigenvalue weighted by molar-refractivity contribution is 7.98. The number of furan rings is 1. The molecule has 6 heteroatoms. The lowest BCUT2D eigenvalue weighted by Gasteiger charge is -2.40. The van der Waals surface area contributed by atoms with E-state index >= 15 is 0 Å². The van der Waals surface area contributed by atoms with Gasteiger partial charge in [0.2, 0.25) is 0 Å². The fourth-order valence-electron chi connectivity index (χ4n) is 2.93. The van der Waals surface area contributed by atoms with Gasteiger partial charge in [-0.3, -0.25) is 4.99 Å². The molecule has 24 heavy (non-hydrogen) atoms. The second-order valence-corrected chi connectivity index (χ2v) is 7.42. The molecule has 0 spiro atoms. The number of ether oxygens (including phenoxy) is 1. The van der Waals surface area contributed by atoms with Crippen molar-refractivity contribution in [1.29, 1.82) is 0 Å². The third-order valence-electron chi connectivity index (χ3n) is 4.67. The van der Waals surface area contributed by atoms with Crippen molar-refractivity contribution >= 4 is 17.7 Å². The molecule has 1 aromatic heterocycles. The SMILES string of the molecule is COCCC1(CN=C(NCCSC)NCCc2ccco2)CCC1. The Morgan fingerprint density at radius 2 is 2.21 bits per heavy atom. The van der Waals surface area contributed by atoms with Crippen LogP contribution in [0.5, 0.6) is 0 Å². The largest absolute Gasteiger partial charge is 0.469 e. The van der Waals surface area contributed by atoms with Gasteiger partial charge in [-0.1, -0.05) is 6.42 Å². The Kier molecular flexibility index (Phi) is 8.53. The van der Waals surface area contributed by atoms with Crippen LogP contribution in [0.1, 0.15) is 31.4 Å². The van der Waals surface area contributed by atoms with E-state index < -0.39 is 0 Å². The van der Waals surface area contributed by atoms with Crippen molar-refractivity contribution in [2.24, 2.45) is 10.4 Å². The quantitative estimate of drug-likeness (QED) is 0.364. The van der Waals surface area contributed by atoms with Gasteiger partial charge in [-0.2, -0.15) is 11.8 Å². The summed E-state index contributed by atoms with van der Waals surface area (Å²) in [6, 6.07) is 3.94. The lowest BCUT2D eigenvalue weighted by Crippen LogP contribution is -2.41. The molecule has 1 aliphatic rings. The van der Waals surface area contributed by atoms with E-state index in [4.69, 9.17) is 14.1 Å². The zero-order chi connectivity index (χ0) is 17.1. The van der Waals surface area contributed by atoms with Crippen molar-refractivity contribution < 1.29 is 9.15 Å². The van der Waals surface area contributed by atoms with Crippen LogP contribution in [0.2, 0.25) is 0 Å². The second-order valence-electron chi connectivity index (χ2n) is 6.44. The molecule has 0 atom stereocenters. The van der Waals surface area contributed by atoms with Gasteiger partial charge < -0.3 is 19.8 Å². The van der Waals surface area contributed by atoms with Crippen LogP contribution in [0.15, 0.2) is 27.8 Å². The smallest absolute Gasteiger partial charge is 0.191 e. The zero-order valence-corrected chi connectivity index (χ0v) is 15.8. The third-order valence-corrected chi connectivity index (χ3v) is 5.28. The van der Waals surface area contributed by atoms with Gasteiger partial charge in [-0.15, -0.1) is 0 Å². The molecule has 1 heterocycles. The van der Waals surface area contributed by atoms with E-state index in [1.165, 1.54) is 19.3 Å². The third kappa shape index (κ3) is 6.40. The van der Waals surface area contributed by atoms with E-state index in [2.05, 4.69) is 16.9 Å². The Morgan fingerprint density at radius 3 is 2.83 bits per heavy atom. The van der Waals surface area contributed by atoms with Crippen molar-refractivity contribution in [3.8, 4) is 0 Å². The average molecular weight is 354 g/mol. The van der Waals surface area contributed by atoms with Gasteiger partial charge in [0.1, 0.15) is 5.76 Å². The molecular formula is C18H31N3O2S. The number of rotatable bonds is 11. The molecule has 0 aliphatic heterocycles. The van der Waals surface area contributed by atoms with E-state index in [1.54, 1.807) is 13.4 Å². The Balaban J connectivity index is 1.83. The van der Waals surface area contributed by atoms with Crippen LogP contribution in [0.3, 0.4) is 0 Å². The van der Waals surface area contributed by atoms with Gasteiger partial charge in [0.25, 0.3) is 0 Å². The minimum absolute atomic E-state index is 0.352. The van der Waals surface area contributed by atoms with E-state index in [1.807, 2.05) is 23.9 Å². The first-order valence-electron chi connectivity index (χ1n) is 8.80. The minimum Gasteiger partial charge on any atom is -0.469 e. The van der Waals surface area contributed by atoms with Crippen molar-refractivity contribution in [3.63, 3.8) is 0 Å². The molecule has 0 aromatic carbocycles. The molecule has 1 saturated carbocycles. The van der Waals surface area contributed by atoms with Gasteiger partial charge in [0, 0.05) is 45.5 Å². The van der Waals surface area contributed by atoms with Crippen LogP contribution in [0.25, 0.3) is 0 Å². The number of thioether (sulfide) groups is 1. The highest BCUT2D eigenvalue weighted by Gasteiger charge is 2.36. The van der Waals surface area contributed by atoms with Crippen molar-refractivity contribution in [2.75, 3.05) is 45.4 Å². The summed E-state index contributed by atoms with van der Waals surface area (Å²) < 4.78 is 10.7. The molecule has 2 N–H and O–H groups in total. The normalized spacial score (nSPS) is 16.7. The Labute approximate surface area is 150 Å². The van der Waals surface area contributed by atoms with Crippen LogP contribution in [-0.4, -0.2) is 51.3 Å². The standard InChI is InChI=1S/C18H31N3O2S/c1-22-13-9-18(7-4-8-18)15-21-17(20-11-14-24-2)19-10-6-16-5-3-12-23-16/h3,5,12H,4,6-11,13-15H2,1-2H3,(H2,19,20,21). The molecule has 0 unspecified atom stereocenters. The van der Waals surface area contributed by atoms with Crippen LogP contribution in [0.4, 0.5) is 0 Å². The molecule has 0 radical (unpaired) electrons. The molecule has 0 amide bonds. The van der Waals surface area contributed by atoms with Crippen LogP contribution < -0.4 is 10.6 Å². The number of hydrogen-bond acceptors (Lipinski definition) is 4. The van der Waals surface area contributed by atoms with Crippen molar-refractivity contribution in [2.45, 2.75) is 32.1 Å². The number of nitrogens with zero attached hydrogens (tertiary/aromatic N) is 1. The van der Waals surface area contributed by atoms with Crippen LogP contribution in [-0.2, 0) is 11.2 Å². The molecule has 1 aromatic rings. The Bertz CT molecular complexity index is 473. The Morgan fingerprint density at radius 1 is 1.38 bits per heavy atom. The van der Waals surface area contributed by atoms with Crippen molar-refractivity contribution in [3.05, 3.63) is 24.2 Å². The fraction of sp³-hybridized carbons (Fsp3) is 0.722. The van der Waals surface area contributed by atoms with E-state index in [-0.39, 0.29) is 0 Å². The number of guanidine groups is 1. The highest BCUT2D eigenvalue weighted by Crippen LogP contribution is 2.44. The van der Waals surface area contributed by atoms with Gasteiger partial charge in [0.05, 0.1) is 6.26 Å². The molecule has 1 aliphatic carbocycles. The van der Waals surface area contributed by atoms with E-state index in [0.717, 1.165) is 56.6 Å². The summed E-state index contributed by atoms with van der Waals surface area (Å²) in [5.74, 6) is 2.99. The molecule has 0 saturated heterocycles. The van der Waals surface area contributed by atoms with E-state index in [0.29, 0.717) is 5.41 Å². The second kappa shape index (κ2) is 10.7.